The van der Waals surface area contributed by atoms with Gasteiger partial charge in [-0.15, -0.1) is 0 Å². The van der Waals surface area contributed by atoms with Gasteiger partial charge in [-0.2, -0.15) is 5.10 Å². The van der Waals surface area contributed by atoms with Crippen LogP contribution in [0.15, 0.2) is 84.0 Å². The zero-order valence-corrected chi connectivity index (χ0v) is 23.3. The molecule has 0 saturated heterocycles. The van der Waals surface area contributed by atoms with Crippen molar-refractivity contribution in [1.29, 1.82) is 0 Å². The number of hydrazone groups is 1. The summed E-state index contributed by atoms with van der Waals surface area (Å²) in [6, 6.07) is 22.8. The van der Waals surface area contributed by atoms with Gasteiger partial charge in [0.2, 0.25) is 10.0 Å². The molecule has 0 bridgehead atoms. The number of hydrogen-bond acceptors (Lipinski definition) is 4. The van der Waals surface area contributed by atoms with E-state index in [1.165, 1.54) is 4.31 Å². The third-order valence-corrected chi connectivity index (χ3v) is 7.70. The Balaban J connectivity index is 1.47. The van der Waals surface area contributed by atoms with E-state index in [2.05, 4.69) is 10.5 Å². The highest BCUT2D eigenvalue weighted by Gasteiger charge is 2.19. The van der Waals surface area contributed by atoms with Crippen molar-refractivity contribution in [1.82, 2.24) is 9.99 Å². The molecule has 4 rings (SSSR count). The SMILES string of the molecule is Cc1cc(/C=N/NC(=O)c2ccc(N(Cc3ccc(Cl)cc3)S(C)(=O)=O)cc2)c(C)n1-c1ccccc1Cl. The third-order valence-electron chi connectivity index (χ3n) is 5.99. The monoisotopic (exact) mass is 568 g/mol. The van der Waals surface area contributed by atoms with E-state index in [1.807, 2.05) is 48.7 Å². The minimum Gasteiger partial charge on any atom is -0.316 e. The Morgan fingerprint density at radius 3 is 2.29 bits per heavy atom. The van der Waals surface area contributed by atoms with E-state index in [-0.39, 0.29) is 6.54 Å². The second-order valence-electron chi connectivity index (χ2n) is 8.76. The molecule has 10 heteroatoms. The standard InChI is InChI=1S/C28H26Cl2N4O3S/c1-19-16-23(20(2)34(19)27-7-5-4-6-26(27)30)17-31-32-28(35)22-10-14-25(15-11-22)33(38(3,36)37)18-21-8-12-24(29)13-9-21/h4-17H,18H2,1-3H3,(H,32,35)/b31-17+. The van der Waals surface area contributed by atoms with Crippen LogP contribution >= 0.6 is 23.2 Å². The molecule has 0 atom stereocenters. The molecule has 3 aromatic carbocycles. The first-order valence-corrected chi connectivity index (χ1v) is 14.2. The number of hydrogen-bond donors (Lipinski definition) is 1. The van der Waals surface area contributed by atoms with Gasteiger partial charge in [0, 0.05) is 27.5 Å². The molecular formula is C28H26Cl2N4O3S. The number of aromatic nitrogens is 1. The Morgan fingerprint density at radius 1 is 1.00 bits per heavy atom. The van der Waals surface area contributed by atoms with E-state index in [4.69, 9.17) is 23.2 Å². The highest BCUT2D eigenvalue weighted by molar-refractivity contribution is 7.92. The van der Waals surface area contributed by atoms with Crippen LogP contribution in [0.1, 0.15) is 32.9 Å². The summed E-state index contributed by atoms with van der Waals surface area (Å²) in [4.78, 5) is 12.7. The van der Waals surface area contributed by atoms with Gasteiger partial charge in [-0.05, 0) is 74.0 Å². The molecule has 1 amide bonds. The average molecular weight is 570 g/mol. The van der Waals surface area contributed by atoms with Crippen molar-refractivity contribution in [2.24, 2.45) is 5.10 Å². The molecule has 4 aromatic rings. The molecule has 7 nitrogen and oxygen atoms in total. The second-order valence-corrected chi connectivity index (χ2v) is 11.5. The summed E-state index contributed by atoms with van der Waals surface area (Å²) in [6.45, 7) is 4.06. The van der Waals surface area contributed by atoms with Crippen LogP contribution in [0.2, 0.25) is 10.0 Å². The zero-order chi connectivity index (χ0) is 27.4. The summed E-state index contributed by atoms with van der Waals surface area (Å²) >= 11 is 12.3. The van der Waals surface area contributed by atoms with Gasteiger partial charge in [-0.1, -0.05) is 47.5 Å². The molecule has 0 unspecified atom stereocenters. The number of nitrogens with zero attached hydrogens (tertiary/aromatic N) is 3. The van der Waals surface area contributed by atoms with Gasteiger partial charge in [0.25, 0.3) is 5.91 Å². The number of halogens is 2. The minimum absolute atomic E-state index is 0.137. The number of para-hydroxylation sites is 1. The lowest BCUT2D eigenvalue weighted by Gasteiger charge is -2.22. The highest BCUT2D eigenvalue weighted by Crippen LogP contribution is 2.26. The number of benzene rings is 3. The molecule has 0 aliphatic carbocycles. The lowest BCUT2D eigenvalue weighted by Crippen LogP contribution is -2.29. The Morgan fingerprint density at radius 2 is 1.66 bits per heavy atom. The average Bonchev–Trinajstić information content (AvgIpc) is 3.16. The molecule has 0 aliphatic heterocycles. The quantitative estimate of drug-likeness (QED) is 0.205. The fourth-order valence-electron chi connectivity index (χ4n) is 4.08. The molecule has 0 spiro atoms. The van der Waals surface area contributed by atoms with Gasteiger partial charge in [0.05, 0.1) is 35.4 Å². The van der Waals surface area contributed by atoms with Gasteiger partial charge in [-0.3, -0.25) is 9.10 Å². The fraction of sp³-hybridized carbons (Fsp3) is 0.143. The fourth-order valence-corrected chi connectivity index (χ4v) is 5.32. The first kappa shape index (κ1) is 27.4. The molecule has 0 saturated carbocycles. The van der Waals surface area contributed by atoms with Crippen molar-refractivity contribution in [3.05, 3.63) is 117 Å². The van der Waals surface area contributed by atoms with Crippen LogP contribution in [0.4, 0.5) is 5.69 Å². The van der Waals surface area contributed by atoms with E-state index in [1.54, 1.807) is 54.7 Å². The number of anilines is 1. The summed E-state index contributed by atoms with van der Waals surface area (Å²) < 4.78 is 28.2. The number of sulfonamides is 1. The summed E-state index contributed by atoms with van der Waals surface area (Å²) in [5, 5.41) is 5.33. The number of nitrogens with one attached hydrogen (secondary N) is 1. The first-order valence-electron chi connectivity index (χ1n) is 11.6. The van der Waals surface area contributed by atoms with Crippen LogP contribution in [0.25, 0.3) is 5.69 Å². The van der Waals surface area contributed by atoms with Gasteiger partial charge in [0.1, 0.15) is 0 Å². The maximum absolute atomic E-state index is 12.7. The molecule has 1 aromatic heterocycles. The highest BCUT2D eigenvalue weighted by atomic mass is 35.5. The third kappa shape index (κ3) is 6.27. The van der Waals surface area contributed by atoms with Gasteiger partial charge in [0.15, 0.2) is 0 Å². The van der Waals surface area contributed by atoms with Crippen LogP contribution in [0, 0.1) is 13.8 Å². The van der Waals surface area contributed by atoms with Crippen molar-refractivity contribution in [2.75, 3.05) is 10.6 Å². The lowest BCUT2D eigenvalue weighted by atomic mass is 10.2. The number of aryl methyl sites for hydroxylation is 1. The van der Waals surface area contributed by atoms with Crippen LogP contribution in [-0.2, 0) is 16.6 Å². The summed E-state index contributed by atoms with van der Waals surface area (Å²) in [6.07, 6.45) is 2.72. The van der Waals surface area contributed by atoms with Crippen LogP contribution in [-0.4, -0.2) is 31.4 Å². The van der Waals surface area contributed by atoms with E-state index in [0.29, 0.717) is 21.3 Å². The molecule has 1 heterocycles. The van der Waals surface area contributed by atoms with Crippen LogP contribution in [0.5, 0.6) is 0 Å². The van der Waals surface area contributed by atoms with Gasteiger partial charge >= 0.3 is 0 Å². The Labute approximate surface area is 232 Å². The van der Waals surface area contributed by atoms with Crippen molar-refractivity contribution in [2.45, 2.75) is 20.4 Å². The summed E-state index contributed by atoms with van der Waals surface area (Å²) in [7, 11) is -3.57. The molecule has 0 aliphatic rings. The van der Waals surface area contributed by atoms with E-state index in [9.17, 15) is 13.2 Å². The van der Waals surface area contributed by atoms with Crippen molar-refractivity contribution >= 4 is 51.0 Å². The van der Waals surface area contributed by atoms with Gasteiger partial charge in [-0.25, -0.2) is 13.8 Å². The predicted octanol–water partition coefficient (Wildman–Crippen LogP) is 6.13. The molecule has 196 valence electrons. The molecule has 0 radical (unpaired) electrons. The Kier molecular flexibility index (Phi) is 8.26. The summed E-state index contributed by atoms with van der Waals surface area (Å²) in [5.41, 5.74) is 7.71. The van der Waals surface area contributed by atoms with E-state index >= 15 is 0 Å². The second kappa shape index (κ2) is 11.4. The van der Waals surface area contributed by atoms with Crippen molar-refractivity contribution in [3.8, 4) is 5.69 Å². The maximum atomic E-state index is 12.7. The molecular weight excluding hydrogens is 543 g/mol. The number of carbonyl (C=O) groups excluding carboxylic acids is 1. The van der Waals surface area contributed by atoms with E-state index in [0.717, 1.165) is 34.5 Å². The normalized spacial score (nSPS) is 11.6. The summed E-state index contributed by atoms with van der Waals surface area (Å²) in [5.74, 6) is -0.420. The minimum atomic E-state index is -3.57. The van der Waals surface area contributed by atoms with Gasteiger partial charge < -0.3 is 4.57 Å². The maximum Gasteiger partial charge on any atom is 0.271 e. The zero-order valence-electron chi connectivity index (χ0n) is 21.0. The molecule has 0 fully saturated rings. The molecule has 38 heavy (non-hydrogen) atoms. The molecule has 1 N–H and O–H groups in total. The lowest BCUT2D eigenvalue weighted by molar-refractivity contribution is 0.0955. The largest absolute Gasteiger partial charge is 0.316 e. The Hall–Kier alpha value is -3.59. The van der Waals surface area contributed by atoms with Crippen LogP contribution in [0.3, 0.4) is 0 Å². The number of rotatable bonds is 8. The Bertz CT molecular complexity index is 1600. The predicted molar refractivity (Wildman–Crippen MR) is 154 cm³/mol. The van der Waals surface area contributed by atoms with Crippen molar-refractivity contribution < 1.29 is 13.2 Å². The number of carbonyl (C=O) groups is 1. The number of amides is 1. The first-order chi connectivity index (χ1) is 18.0. The topological polar surface area (TPSA) is 83.8 Å². The van der Waals surface area contributed by atoms with E-state index < -0.39 is 15.9 Å². The smallest absolute Gasteiger partial charge is 0.271 e. The van der Waals surface area contributed by atoms with Crippen LogP contribution < -0.4 is 9.73 Å². The van der Waals surface area contributed by atoms with Crippen molar-refractivity contribution in [3.63, 3.8) is 0 Å².